The zero-order chi connectivity index (χ0) is 10.3. The van der Waals surface area contributed by atoms with E-state index in [0.29, 0.717) is 0 Å². The van der Waals surface area contributed by atoms with E-state index in [2.05, 4.69) is 6.92 Å². The van der Waals surface area contributed by atoms with E-state index < -0.39 is 0 Å². The van der Waals surface area contributed by atoms with Gasteiger partial charge >= 0.3 is 0 Å². The SMILES string of the molecule is CC.CCc1cc(Cl)cc(OC)c1. The smallest absolute Gasteiger partial charge is 0.120 e. The lowest BCUT2D eigenvalue weighted by Crippen LogP contribution is -1.85. The summed E-state index contributed by atoms with van der Waals surface area (Å²) in [6.07, 6.45) is 0.983. The number of aryl methyl sites for hydroxylation is 1. The van der Waals surface area contributed by atoms with E-state index in [4.69, 9.17) is 16.3 Å². The number of benzene rings is 1. The first-order valence-corrected chi connectivity index (χ1v) is 4.97. The predicted molar refractivity (Wildman–Crippen MR) is 58.7 cm³/mol. The zero-order valence-corrected chi connectivity index (χ0v) is 9.48. The van der Waals surface area contributed by atoms with Crippen LogP contribution in [-0.4, -0.2) is 7.11 Å². The van der Waals surface area contributed by atoms with Crippen molar-refractivity contribution < 1.29 is 4.74 Å². The van der Waals surface area contributed by atoms with E-state index in [1.165, 1.54) is 5.56 Å². The van der Waals surface area contributed by atoms with Gasteiger partial charge in [0.2, 0.25) is 0 Å². The summed E-state index contributed by atoms with van der Waals surface area (Å²) in [5.74, 6) is 0.828. The topological polar surface area (TPSA) is 9.23 Å². The van der Waals surface area contributed by atoms with Crippen LogP contribution in [0.25, 0.3) is 0 Å². The monoisotopic (exact) mass is 200 g/mol. The summed E-state index contributed by atoms with van der Waals surface area (Å²) in [6.45, 7) is 6.09. The average Bonchev–Trinajstić information content (AvgIpc) is 2.20. The molecule has 1 aromatic carbocycles. The second-order valence-corrected chi connectivity index (χ2v) is 2.79. The standard InChI is InChI=1S/C9H11ClO.C2H6/c1-3-7-4-8(10)6-9(5-7)11-2;1-2/h4-6H,3H2,1-2H3;1-2H3. The summed E-state index contributed by atoms with van der Waals surface area (Å²) >= 11 is 5.83. The molecule has 0 heterocycles. The number of hydrogen-bond donors (Lipinski definition) is 0. The van der Waals surface area contributed by atoms with Crippen LogP contribution in [0.15, 0.2) is 18.2 Å². The third-order valence-electron chi connectivity index (χ3n) is 1.58. The lowest BCUT2D eigenvalue weighted by Gasteiger charge is -2.02. The third-order valence-corrected chi connectivity index (χ3v) is 1.79. The molecule has 0 aliphatic heterocycles. The van der Waals surface area contributed by atoms with Gasteiger partial charge in [0.15, 0.2) is 0 Å². The van der Waals surface area contributed by atoms with Crippen LogP contribution in [0.5, 0.6) is 5.75 Å². The first-order valence-electron chi connectivity index (χ1n) is 4.59. The molecular weight excluding hydrogens is 184 g/mol. The molecule has 1 aromatic rings. The Balaban J connectivity index is 0.000000671. The second-order valence-electron chi connectivity index (χ2n) is 2.35. The Morgan fingerprint density at radius 2 is 1.85 bits per heavy atom. The van der Waals surface area contributed by atoms with Crippen LogP contribution in [0.1, 0.15) is 26.3 Å². The molecule has 0 saturated carbocycles. The fourth-order valence-corrected chi connectivity index (χ4v) is 1.19. The average molecular weight is 201 g/mol. The van der Waals surface area contributed by atoms with Crippen LogP contribution in [0.4, 0.5) is 0 Å². The van der Waals surface area contributed by atoms with Crippen molar-refractivity contribution in [3.63, 3.8) is 0 Å². The molecule has 0 bridgehead atoms. The maximum absolute atomic E-state index is 5.83. The summed E-state index contributed by atoms with van der Waals surface area (Å²) in [5.41, 5.74) is 1.20. The molecule has 74 valence electrons. The lowest BCUT2D eigenvalue weighted by atomic mass is 10.2. The fraction of sp³-hybridized carbons (Fsp3) is 0.455. The van der Waals surface area contributed by atoms with E-state index in [1.54, 1.807) is 13.2 Å². The molecule has 0 aromatic heterocycles. The Morgan fingerprint density at radius 3 is 2.31 bits per heavy atom. The summed E-state index contributed by atoms with van der Waals surface area (Å²) in [4.78, 5) is 0. The molecular formula is C11H17ClO. The van der Waals surface area contributed by atoms with E-state index in [0.717, 1.165) is 17.2 Å². The molecule has 0 amide bonds. The molecule has 0 atom stereocenters. The van der Waals surface area contributed by atoms with Crippen LogP contribution < -0.4 is 4.74 Å². The van der Waals surface area contributed by atoms with Gasteiger partial charge in [-0.2, -0.15) is 0 Å². The Morgan fingerprint density at radius 1 is 1.23 bits per heavy atom. The summed E-state index contributed by atoms with van der Waals surface area (Å²) in [5, 5.41) is 0.737. The molecule has 0 aliphatic carbocycles. The first-order chi connectivity index (χ1) is 6.26. The number of methoxy groups -OCH3 is 1. The molecule has 1 rings (SSSR count). The van der Waals surface area contributed by atoms with Gasteiger partial charge in [0.25, 0.3) is 0 Å². The van der Waals surface area contributed by atoms with E-state index in [-0.39, 0.29) is 0 Å². The molecule has 0 N–H and O–H groups in total. The zero-order valence-electron chi connectivity index (χ0n) is 8.73. The van der Waals surface area contributed by atoms with Crippen molar-refractivity contribution in [2.45, 2.75) is 27.2 Å². The highest BCUT2D eigenvalue weighted by Crippen LogP contribution is 2.20. The lowest BCUT2D eigenvalue weighted by molar-refractivity contribution is 0.414. The van der Waals surface area contributed by atoms with Gasteiger partial charge in [-0.15, -0.1) is 0 Å². The van der Waals surface area contributed by atoms with Gasteiger partial charge in [-0.05, 0) is 30.2 Å². The van der Waals surface area contributed by atoms with Gasteiger partial charge in [-0.25, -0.2) is 0 Å². The highest BCUT2D eigenvalue weighted by Gasteiger charge is 1.96. The van der Waals surface area contributed by atoms with Gasteiger partial charge in [-0.3, -0.25) is 0 Å². The van der Waals surface area contributed by atoms with Crippen molar-refractivity contribution in [3.8, 4) is 5.75 Å². The largest absolute Gasteiger partial charge is 0.497 e. The van der Waals surface area contributed by atoms with Gasteiger partial charge in [0.05, 0.1) is 7.11 Å². The van der Waals surface area contributed by atoms with Crippen LogP contribution in [0.2, 0.25) is 5.02 Å². The molecule has 0 spiro atoms. The Kier molecular flexibility index (Phi) is 6.43. The minimum Gasteiger partial charge on any atom is -0.497 e. The van der Waals surface area contributed by atoms with Gasteiger partial charge in [-0.1, -0.05) is 32.4 Å². The van der Waals surface area contributed by atoms with Crippen molar-refractivity contribution in [2.24, 2.45) is 0 Å². The Labute approximate surface area is 85.7 Å². The molecule has 0 unspecified atom stereocenters. The van der Waals surface area contributed by atoms with Crippen molar-refractivity contribution >= 4 is 11.6 Å². The predicted octanol–water partition coefficient (Wildman–Crippen LogP) is 3.94. The van der Waals surface area contributed by atoms with Crippen LogP contribution in [-0.2, 0) is 6.42 Å². The summed E-state index contributed by atoms with van der Waals surface area (Å²) in [6, 6.07) is 5.75. The van der Waals surface area contributed by atoms with Crippen molar-refractivity contribution in [2.75, 3.05) is 7.11 Å². The van der Waals surface area contributed by atoms with Crippen molar-refractivity contribution in [1.29, 1.82) is 0 Å². The number of halogens is 1. The normalized spacial score (nSPS) is 8.69. The highest BCUT2D eigenvalue weighted by atomic mass is 35.5. The van der Waals surface area contributed by atoms with Crippen molar-refractivity contribution in [1.82, 2.24) is 0 Å². The van der Waals surface area contributed by atoms with Crippen molar-refractivity contribution in [3.05, 3.63) is 28.8 Å². The highest BCUT2D eigenvalue weighted by molar-refractivity contribution is 6.30. The molecule has 0 saturated heterocycles. The number of rotatable bonds is 2. The molecule has 0 fully saturated rings. The molecule has 2 heteroatoms. The maximum Gasteiger partial charge on any atom is 0.120 e. The number of ether oxygens (including phenoxy) is 1. The van der Waals surface area contributed by atoms with E-state index in [1.807, 2.05) is 26.0 Å². The minimum absolute atomic E-state index is 0.737. The van der Waals surface area contributed by atoms with Crippen LogP contribution in [0, 0.1) is 0 Å². The molecule has 1 nitrogen and oxygen atoms in total. The molecule has 13 heavy (non-hydrogen) atoms. The Bertz CT molecular complexity index is 224. The van der Waals surface area contributed by atoms with Crippen LogP contribution in [0.3, 0.4) is 0 Å². The van der Waals surface area contributed by atoms with Gasteiger partial charge in [0.1, 0.15) is 5.75 Å². The van der Waals surface area contributed by atoms with Gasteiger partial charge < -0.3 is 4.74 Å². The summed E-state index contributed by atoms with van der Waals surface area (Å²) in [7, 11) is 1.64. The minimum atomic E-state index is 0.737. The first kappa shape index (κ1) is 12.3. The fourth-order valence-electron chi connectivity index (χ4n) is 0.943. The van der Waals surface area contributed by atoms with Crippen LogP contribution >= 0.6 is 11.6 Å². The Hall–Kier alpha value is -0.690. The summed E-state index contributed by atoms with van der Waals surface area (Å²) < 4.78 is 5.05. The second kappa shape index (κ2) is 6.79. The molecule has 0 radical (unpaired) electrons. The number of hydrogen-bond acceptors (Lipinski definition) is 1. The van der Waals surface area contributed by atoms with E-state index in [9.17, 15) is 0 Å². The third kappa shape index (κ3) is 4.18. The van der Waals surface area contributed by atoms with E-state index >= 15 is 0 Å². The maximum atomic E-state index is 5.83. The van der Waals surface area contributed by atoms with Gasteiger partial charge in [0, 0.05) is 5.02 Å². The molecule has 0 aliphatic rings. The quantitative estimate of drug-likeness (QED) is 0.703.